The van der Waals surface area contributed by atoms with Gasteiger partial charge >= 0.3 is 6.03 Å². The molecule has 1 aliphatic heterocycles. The van der Waals surface area contributed by atoms with Gasteiger partial charge in [0.1, 0.15) is 0 Å². The van der Waals surface area contributed by atoms with Crippen LogP contribution < -0.4 is 5.32 Å². The van der Waals surface area contributed by atoms with Gasteiger partial charge in [0, 0.05) is 20.1 Å². The van der Waals surface area contributed by atoms with E-state index in [9.17, 15) is 4.79 Å². The van der Waals surface area contributed by atoms with Gasteiger partial charge in [-0.2, -0.15) is 0 Å². The summed E-state index contributed by atoms with van der Waals surface area (Å²) < 4.78 is 0. The minimum atomic E-state index is 0.109. The Morgan fingerprint density at radius 3 is 2.50 bits per heavy atom. The van der Waals surface area contributed by atoms with Crippen molar-refractivity contribution in [2.24, 2.45) is 11.8 Å². The Hall–Kier alpha value is -0.770. The van der Waals surface area contributed by atoms with Crippen molar-refractivity contribution in [2.75, 3.05) is 39.8 Å². The van der Waals surface area contributed by atoms with Crippen LogP contribution in [0, 0.1) is 11.8 Å². The van der Waals surface area contributed by atoms with Crippen molar-refractivity contribution in [3.05, 3.63) is 0 Å². The quantitative estimate of drug-likeness (QED) is 0.764. The van der Waals surface area contributed by atoms with E-state index in [1.165, 1.54) is 58.0 Å². The molecule has 1 N–H and O–H groups in total. The number of amides is 2. The number of hydrogen-bond donors (Lipinski definition) is 1. The maximum Gasteiger partial charge on any atom is 0.317 e. The number of likely N-dealkylation sites (tertiary alicyclic amines) is 1. The lowest BCUT2D eigenvalue weighted by molar-refractivity contribution is 0.183. The summed E-state index contributed by atoms with van der Waals surface area (Å²) >= 11 is 0. The molecule has 0 aromatic carbocycles. The van der Waals surface area contributed by atoms with Gasteiger partial charge in [0.15, 0.2) is 0 Å². The number of nitrogens with one attached hydrogen (secondary N) is 1. The van der Waals surface area contributed by atoms with Crippen molar-refractivity contribution in [3.8, 4) is 0 Å². The van der Waals surface area contributed by atoms with Gasteiger partial charge < -0.3 is 15.1 Å². The smallest absolute Gasteiger partial charge is 0.317 e. The molecule has 0 aromatic rings. The molecule has 2 amide bonds. The monoisotopic (exact) mass is 309 g/mol. The molecular formula is C18H35N3O. The highest BCUT2D eigenvalue weighted by Gasteiger charge is 2.18. The normalized spacial score (nSPS) is 21.7. The van der Waals surface area contributed by atoms with E-state index in [-0.39, 0.29) is 6.03 Å². The molecule has 1 aliphatic carbocycles. The van der Waals surface area contributed by atoms with E-state index in [1.807, 2.05) is 11.9 Å². The second kappa shape index (κ2) is 9.39. The Balaban J connectivity index is 1.53. The second-order valence-electron chi connectivity index (χ2n) is 7.49. The molecule has 4 heteroatoms. The number of hydrogen-bond acceptors (Lipinski definition) is 2. The summed E-state index contributed by atoms with van der Waals surface area (Å²) in [6, 6.07) is 0.109. The number of carbonyl (C=O) groups is 1. The van der Waals surface area contributed by atoms with Gasteiger partial charge in [0.2, 0.25) is 0 Å². The first-order valence-corrected chi connectivity index (χ1v) is 9.36. The summed E-state index contributed by atoms with van der Waals surface area (Å²) in [5.74, 6) is 1.62. The largest absolute Gasteiger partial charge is 0.338 e. The molecule has 0 aromatic heterocycles. The lowest BCUT2D eigenvalue weighted by Gasteiger charge is -2.30. The third-order valence-corrected chi connectivity index (χ3v) is 5.41. The van der Waals surface area contributed by atoms with Crippen LogP contribution in [0.4, 0.5) is 4.79 Å². The van der Waals surface area contributed by atoms with E-state index >= 15 is 0 Å². The molecule has 0 atom stereocenters. The topological polar surface area (TPSA) is 35.6 Å². The summed E-state index contributed by atoms with van der Waals surface area (Å²) in [6.07, 6.45) is 10.4. The Kier molecular flexibility index (Phi) is 7.50. The fourth-order valence-electron chi connectivity index (χ4n) is 3.76. The molecule has 1 saturated carbocycles. The van der Waals surface area contributed by atoms with E-state index in [1.54, 1.807) is 0 Å². The van der Waals surface area contributed by atoms with E-state index < -0.39 is 0 Å². The van der Waals surface area contributed by atoms with E-state index in [0.717, 1.165) is 37.9 Å². The van der Waals surface area contributed by atoms with Crippen LogP contribution in [0.1, 0.15) is 58.3 Å². The third-order valence-electron chi connectivity index (χ3n) is 5.41. The molecule has 1 heterocycles. The first kappa shape index (κ1) is 17.6. The van der Waals surface area contributed by atoms with Gasteiger partial charge in [-0.25, -0.2) is 4.79 Å². The van der Waals surface area contributed by atoms with Crippen LogP contribution in [0.2, 0.25) is 0 Å². The van der Waals surface area contributed by atoms with Crippen molar-refractivity contribution in [3.63, 3.8) is 0 Å². The SMILES string of the molecule is CC1CCN(CCCNC(=O)N(C)CC2CCCCC2)CC1. The molecule has 0 unspecified atom stereocenters. The molecule has 22 heavy (non-hydrogen) atoms. The summed E-state index contributed by atoms with van der Waals surface area (Å²) in [4.78, 5) is 16.5. The molecule has 4 nitrogen and oxygen atoms in total. The first-order chi connectivity index (χ1) is 10.6. The number of rotatable bonds is 6. The van der Waals surface area contributed by atoms with Gasteiger partial charge in [-0.1, -0.05) is 26.2 Å². The van der Waals surface area contributed by atoms with Crippen LogP contribution >= 0.6 is 0 Å². The average Bonchev–Trinajstić information content (AvgIpc) is 2.54. The summed E-state index contributed by atoms with van der Waals surface area (Å²) in [5.41, 5.74) is 0. The van der Waals surface area contributed by atoms with Crippen LogP contribution in [0.5, 0.6) is 0 Å². The first-order valence-electron chi connectivity index (χ1n) is 9.36. The zero-order chi connectivity index (χ0) is 15.8. The van der Waals surface area contributed by atoms with Gasteiger partial charge in [-0.3, -0.25) is 0 Å². The number of piperidine rings is 1. The highest BCUT2D eigenvalue weighted by molar-refractivity contribution is 5.73. The van der Waals surface area contributed by atoms with E-state index in [4.69, 9.17) is 0 Å². The predicted octanol–water partition coefficient (Wildman–Crippen LogP) is 3.33. The van der Waals surface area contributed by atoms with Crippen LogP contribution in [0.25, 0.3) is 0 Å². The molecule has 0 bridgehead atoms. The maximum absolute atomic E-state index is 12.1. The second-order valence-corrected chi connectivity index (χ2v) is 7.49. The Morgan fingerprint density at radius 1 is 1.14 bits per heavy atom. The van der Waals surface area contributed by atoms with Gasteiger partial charge in [-0.15, -0.1) is 0 Å². The van der Waals surface area contributed by atoms with E-state index in [0.29, 0.717) is 0 Å². The Bertz CT molecular complexity index is 320. The number of urea groups is 1. The van der Waals surface area contributed by atoms with Gasteiger partial charge in [0.25, 0.3) is 0 Å². The highest BCUT2D eigenvalue weighted by Crippen LogP contribution is 2.24. The van der Waals surface area contributed by atoms with Crippen molar-refractivity contribution >= 4 is 6.03 Å². The molecule has 1 saturated heterocycles. The minimum absolute atomic E-state index is 0.109. The number of nitrogens with zero attached hydrogens (tertiary/aromatic N) is 2. The average molecular weight is 309 g/mol. The summed E-state index contributed by atoms with van der Waals surface area (Å²) in [7, 11) is 1.94. The lowest BCUT2D eigenvalue weighted by atomic mass is 9.89. The zero-order valence-electron chi connectivity index (χ0n) is 14.6. The molecule has 0 spiro atoms. The van der Waals surface area contributed by atoms with E-state index in [2.05, 4.69) is 17.1 Å². The van der Waals surface area contributed by atoms with Crippen molar-refractivity contribution in [2.45, 2.75) is 58.3 Å². The third kappa shape index (κ3) is 6.15. The summed E-state index contributed by atoms with van der Waals surface area (Å²) in [6.45, 7) is 7.67. The van der Waals surface area contributed by atoms with Crippen molar-refractivity contribution in [1.82, 2.24) is 15.1 Å². The van der Waals surface area contributed by atoms with Crippen molar-refractivity contribution in [1.29, 1.82) is 0 Å². The lowest BCUT2D eigenvalue weighted by Crippen LogP contribution is -2.41. The molecular weight excluding hydrogens is 274 g/mol. The molecule has 128 valence electrons. The fraction of sp³-hybridized carbons (Fsp3) is 0.944. The maximum atomic E-state index is 12.1. The van der Waals surface area contributed by atoms with Crippen molar-refractivity contribution < 1.29 is 4.79 Å². The minimum Gasteiger partial charge on any atom is -0.338 e. The molecule has 2 aliphatic rings. The molecule has 2 fully saturated rings. The Labute approximate surface area is 136 Å². The molecule has 0 radical (unpaired) electrons. The zero-order valence-corrected chi connectivity index (χ0v) is 14.6. The summed E-state index contributed by atoms with van der Waals surface area (Å²) in [5, 5.41) is 3.08. The number of carbonyl (C=O) groups excluding carboxylic acids is 1. The van der Waals surface area contributed by atoms with Crippen LogP contribution in [0.3, 0.4) is 0 Å². The molecule has 2 rings (SSSR count). The Morgan fingerprint density at radius 2 is 1.82 bits per heavy atom. The standard InChI is InChI=1S/C18H35N3O/c1-16-9-13-21(14-10-16)12-6-11-19-18(22)20(2)15-17-7-4-3-5-8-17/h16-17H,3-15H2,1-2H3,(H,19,22). The fourth-order valence-corrected chi connectivity index (χ4v) is 3.76. The highest BCUT2D eigenvalue weighted by atomic mass is 16.2. The van der Waals surface area contributed by atoms with Gasteiger partial charge in [0.05, 0.1) is 0 Å². The predicted molar refractivity (Wildman–Crippen MR) is 92.1 cm³/mol. The van der Waals surface area contributed by atoms with Crippen LogP contribution in [0.15, 0.2) is 0 Å². The van der Waals surface area contributed by atoms with Crippen LogP contribution in [-0.4, -0.2) is 55.6 Å². The van der Waals surface area contributed by atoms with Crippen LogP contribution in [-0.2, 0) is 0 Å². The van der Waals surface area contributed by atoms with Gasteiger partial charge in [-0.05, 0) is 63.6 Å².